The average molecular weight is 185 g/mol. The zero-order valence-electron chi connectivity index (χ0n) is 7.69. The Bertz CT molecular complexity index is 279. The number of piperidine rings is 1. The van der Waals surface area contributed by atoms with Crippen LogP contribution in [0.2, 0.25) is 0 Å². The van der Waals surface area contributed by atoms with Gasteiger partial charge in [-0.15, -0.1) is 0 Å². The summed E-state index contributed by atoms with van der Waals surface area (Å²) in [5.41, 5.74) is 0.421. The first-order valence-electron chi connectivity index (χ1n) is 4.19. The molecule has 1 saturated heterocycles. The van der Waals surface area contributed by atoms with Crippen LogP contribution in [0.5, 0.6) is 0 Å². The lowest BCUT2D eigenvalue weighted by Crippen LogP contribution is -2.41. The van der Waals surface area contributed by atoms with Gasteiger partial charge in [0.15, 0.2) is 0 Å². The van der Waals surface area contributed by atoms with Crippen molar-refractivity contribution in [3.05, 3.63) is 11.4 Å². The summed E-state index contributed by atoms with van der Waals surface area (Å²) < 4.78 is 12.8. The summed E-state index contributed by atoms with van der Waals surface area (Å²) in [5, 5.41) is 2.19. The fourth-order valence-corrected chi connectivity index (χ4v) is 1.35. The summed E-state index contributed by atoms with van der Waals surface area (Å²) in [7, 11) is 0. The molecule has 0 saturated carbocycles. The summed E-state index contributed by atoms with van der Waals surface area (Å²) in [4.78, 5) is 22.0. The van der Waals surface area contributed by atoms with Crippen molar-refractivity contribution in [2.75, 3.05) is 0 Å². The second kappa shape index (κ2) is 3.68. The molecule has 72 valence electrons. The van der Waals surface area contributed by atoms with Gasteiger partial charge in [-0.2, -0.15) is 0 Å². The molecule has 4 heteroatoms. The standard InChI is InChI=1S/C9H12FNO2/c1-5(6(2)10)7-3-4-8(12)11-9(7)13/h7H,3-4H2,1-2H3,(H,11,12,13)/b6-5-. The third kappa shape index (κ3) is 2.14. The van der Waals surface area contributed by atoms with Gasteiger partial charge in [0, 0.05) is 6.42 Å². The fraction of sp³-hybridized carbons (Fsp3) is 0.556. The van der Waals surface area contributed by atoms with Crippen molar-refractivity contribution in [2.24, 2.45) is 5.92 Å². The lowest BCUT2D eigenvalue weighted by molar-refractivity contribution is -0.135. The normalized spacial score (nSPS) is 25.3. The molecule has 0 spiro atoms. The van der Waals surface area contributed by atoms with E-state index in [0.717, 1.165) is 0 Å². The van der Waals surface area contributed by atoms with E-state index in [1.54, 1.807) is 6.92 Å². The van der Waals surface area contributed by atoms with E-state index in [0.29, 0.717) is 18.4 Å². The maximum absolute atomic E-state index is 12.8. The highest BCUT2D eigenvalue weighted by Gasteiger charge is 2.28. The molecule has 0 aromatic carbocycles. The predicted molar refractivity (Wildman–Crippen MR) is 45.4 cm³/mol. The summed E-state index contributed by atoms with van der Waals surface area (Å²) in [6, 6.07) is 0. The first kappa shape index (κ1) is 9.89. The molecule has 1 aliphatic rings. The minimum Gasteiger partial charge on any atom is -0.296 e. The predicted octanol–water partition coefficient (Wildman–Crippen LogP) is 1.30. The molecule has 1 atom stereocenters. The van der Waals surface area contributed by atoms with Crippen LogP contribution in [0.15, 0.2) is 11.4 Å². The van der Waals surface area contributed by atoms with Crippen LogP contribution in [-0.2, 0) is 9.59 Å². The van der Waals surface area contributed by atoms with Crippen molar-refractivity contribution in [2.45, 2.75) is 26.7 Å². The number of hydrogen-bond donors (Lipinski definition) is 1. The van der Waals surface area contributed by atoms with E-state index in [-0.39, 0.29) is 17.6 Å². The molecule has 1 fully saturated rings. The molecule has 1 rings (SSSR count). The third-order valence-electron chi connectivity index (χ3n) is 2.31. The lowest BCUT2D eigenvalue weighted by atomic mass is 9.91. The van der Waals surface area contributed by atoms with E-state index in [1.165, 1.54) is 6.92 Å². The highest BCUT2D eigenvalue weighted by atomic mass is 19.1. The van der Waals surface area contributed by atoms with Gasteiger partial charge in [-0.25, -0.2) is 4.39 Å². The Hall–Kier alpha value is -1.19. The first-order valence-corrected chi connectivity index (χ1v) is 4.19. The topological polar surface area (TPSA) is 46.2 Å². The van der Waals surface area contributed by atoms with Gasteiger partial charge < -0.3 is 0 Å². The summed E-state index contributed by atoms with van der Waals surface area (Å²) in [6.07, 6.45) is 0.707. The second-order valence-corrected chi connectivity index (χ2v) is 3.22. The quantitative estimate of drug-likeness (QED) is 0.626. The Morgan fingerprint density at radius 3 is 2.54 bits per heavy atom. The zero-order valence-corrected chi connectivity index (χ0v) is 7.69. The van der Waals surface area contributed by atoms with Crippen LogP contribution in [0.25, 0.3) is 0 Å². The van der Waals surface area contributed by atoms with Crippen LogP contribution in [0.3, 0.4) is 0 Å². The number of imide groups is 1. The molecule has 1 N–H and O–H groups in total. The van der Waals surface area contributed by atoms with Gasteiger partial charge in [0.1, 0.15) is 0 Å². The van der Waals surface area contributed by atoms with E-state index in [2.05, 4.69) is 5.32 Å². The van der Waals surface area contributed by atoms with E-state index in [1.807, 2.05) is 0 Å². The van der Waals surface area contributed by atoms with Gasteiger partial charge >= 0.3 is 0 Å². The molecule has 0 bridgehead atoms. The van der Waals surface area contributed by atoms with Crippen LogP contribution in [0, 0.1) is 5.92 Å². The van der Waals surface area contributed by atoms with Gasteiger partial charge in [-0.3, -0.25) is 14.9 Å². The van der Waals surface area contributed by atoms with E-state index >= 15 is 0 Å². The molecule has 1 aliphatic heterocycles. The van der Waals surface area contributed by atoms with Crippen LogP contribution >= 0.6 is 0 Å². The minimum atomic E-state index is -0.470. The van der Waals surface area contributed by atoms with Crippen molar-refractivity contribution >= 4 is 11.8 Å². The molecular formula is C9H12FNO2. The van der Waals surface area contributed by atoms with Crippen LogP contribution in [0.4, 0.5) is 4.39 Å². The van der Waals surface area contributed by atoms with Crippen molar-refractivity contribution in [3.8, 4) is 0 Å². The van der Waals surface area contributed by atoms with Gasteiger partial charge in [-0.1, -0.05) is 0 Å². The second-order valence-electron chi connectivity index (χ2n) is 3.22. The Kier molecular flexibility index (Phi) is 2.80. The Morgan fingerprint density at radius 1 is 1.46 bits per heavy atom. The molecule has 1 heterocycles. The molecular weight excluding hydrogens is 173 g/mol. The van der Waals surface area contributed by atoms with E-state index in [9.17, 15) is 14.0 Å². The van der Waals surface area contributed by atoms with Gasteiger partial charge in [0.05, 0.1) is 11.7 Å². The highest BCUT2D eigenvalue weighted by molar-refractivity contribution is 5.99. The maximum Gasteiger partial charge on any atom is 0.233 e. The molecule has 0 radical (unpaired) electrons. The minimum absolute atomic E-state index is 0.273. The number of allylic oxidation sites excluding steroid dienone is 1. The smallest absolute Gasteiger partial charge is 0.233 e. The molecule has 13 heavy (non-hydrogen) atoms. The molecule has 0 aromatic rings. The molecule has 3 nitrogen and oxygen atoms in total. The number of halogens is 1. The Morgan fingerprint density at radius 2 is 2.08 bits per heavy atom. The van der Waals surface area contributed by atoms with E-state index in [4.69, 9.17) is 0 Å². The molecule has 0 aromatic heterocycles. The number of carbonyl (C=O) groups excluding carboxylic acids is 2. The van der Waals surface area contributed by atoms with Crippen molar-refractivity contribution in [3.63, 3.8) is 0 Å². The highest BCUT2D eigenvalue weighted by Crippen LogP contribution is 2.23. The number of amides is 2. The van der Waals surface area contributed by atoms with Crippen LogP contribution < -0.4 is 5.32 Å². The third-order valence-corrected chi connectivity index (χ3v) is 2.31. The number of carbonyl (C=O) groups is 2. The van der Waals surface area contributed by atoms with Crippen molar-refractivity contribution in [1.82, 2.24) is 5.32 Å². The van der Waals surface area contributed by atoms with Crippen molar-refractivity contribution in [1.29, 1.82) is 0 Å². The summed E-state index contributed by atoms with van der Waals surface area (Å²) >= 11 is 0. The Balaban J connectivity index is 2.78. The first-order chi connectivity index (χ1) is 6.02. The Labute approximate surface area is 76.0 Å². The van der Waals surface area contributed by atoms with Crippen LogP contribution in [0.1, 0.15) is 26.7 Å². The zero-order chi connectivity index (χ0) is 10.0. The SMILES string of the molecule is C/C(F)=C(\C)C1CCC(=O)NC1=O. The van der Waals surface area contributed by atoms with Crippen molar-refractivity contribution < 1.29 is 14.0 Å². The van der Waals surface area contributed by atoms with Crippen LogP contribution in [-0.4, -0.2) is 11.8 Å². The number of hydrogen-bond acceptors (Lipinski definition) is 2. The maximum atomic E-state index is 12.8. The van der Waals surface area contributed by atoms with Gasteiger partial charge in [-0.05, 0) is 25.8 Å². The summed E-state index contributed by atoms with van der Waals surface area (Å²) in [6.45, 7) is 2.90. The fourth-order valence-electron chi connectivity index (χ4n) is 1.35. The average Bonchev–Trinajstić information content (AvgIpc) is 2.03. The monoisotopic (exact) mass is 185 g/mol. The molecule has 1 unspecified atom stereocenters. The number of rotatable bonds is 1. The largest absolute Gasteiger partial charge is 0.296 e. The van der Waals surface area contributed by atoms with Gasteiger partial charge in [0.25, 0.3) is 0 Å². The molecule has 2 amide bonds. The van der Waals surface area contributed by atoms with E-state index < -0.39 is 5.92 Å². The lowest BCUT2D eigenvalue weighted by Gasteiger charge is -2.21. The number of nitrogens with one attached hydrogen (secondary N) is 1. The summed E-state index contributed by atoms with van der Waals surface area (Å²) in [5.74, 6) is -1.46. The van der Waals surface area contributed by atoms with Gasteiger partial charge in [0.2, 0.25) is 11.8 Å². The molecule has 0 aliphatic carbocycles.